The number of hydrogen-bond acceptors (Lipinski definition) is 4. The van der Waals surface area contributed by atoms with Crippen LogP contribution in [-0.4, -0.2) is 21.1 Å². The molecule has 0 unspecified atom stereocenters. The summed E-state index contributed by atoms with van der Waals surface area (Å²) in [6.07, 6.45) is 1.31. The molecule has 0 fully saturated rings. The number of carbonyl (C=O) groups excluding carboxylic acids is 1. The topological polar surface area (TPSA) is 77.8 Å². The Morgan fingerprint density at radius 2 is 1.48 bits per heavy atom. The molecule has 0 aliphatic heterocycles. The Bertz CT molecular complexity index is 1000. The molecule has 0 aromatic heterocycles. The number of allylic oxidation sites excluding steroid dienone is 1. The summed E-state index contributed by atoms with van der Waals surface area (Å²) < 4.78 is 0. The van der Waals surface area contributed by atoms with E-state index in [4.69, 9.17) is 0 Å². The highest BCUT2D eigenvalue weighted by Crippen LogP contribution is 2.45. The van der Waals surface area contributed by atoms with Crippen LogP contribution in [0.15, 0.2) is 54.3 Å². The minimum Gasteiger partial charge on any atom is -0.504 e. The summed E-state index contributed by atoms with van der Waals surface area (Å²) in [7, 11) is 0. The van der Waals surface area contributed by atoms with Crippen LogP contribution < -0.4 is 0 Å². The molecule has 112 valence electrons. The molecule has 4 nitrogen and oxygen atoms in total. The highest BCUT2D eigenvalue weighted by molar-refractivity contribution is 6.24. The number of Topliss-reactive ketones (excluding diaryl/α,β-unsaturated/α-hetero) is 1. The highest BCUT2D eigenvalue weighted by atomic mass is 16.3. The van der Waals surface area contributed by atoms with Crippen molar-refractivity contribution in [3.8, 4) is 22.6 Å². The van der Waals surface area contributed by atoms with Crippen molar-refractivity contribution in [3.63, 3.8) is 0 Å². The van der Waals surface area contributed by atoms with Gasteiger partial charge in [0.05, 0.1) is 0 Å². The summed E-state index contributed by atoms with van der Waals surface area (Å²) in [4.78, 5) is 12.2. The first-order valence-corrected chi connectivity index (χ1v) is 7.10. The van der Waals surface area contributed by atoms with Crippen LogP contribution in [0.1, 0.15) is 15.9 Å². The van der Waals surface area contributed by atoms with Gasteiger partial charge < -0.3 is 15.3 Å². The van der Waals surface area contributed by atoms with E-state index in [1.807, 2.05) is 30.3 Å². The molecule has 0 radical (unpaired) electrons. The van der Waals surface area contributed by atoms with Crippen molar-refractivity contribution in [2.75, 3.05) is 0 Å². The van der Waals surface area contributed by atoms with Crippen molar-refractivity contribution in [1.82, 2.24) is 0 Å². The number of aliphatic hydroxyl groups excluding tert-OH is 1. The van der Waals surface area contributed by atoms with E-state index in [0.717, 1.165) is 5.56 Å². The van der Waals surface area contributed by atoms with Crippen molar-refractivity contribution in [2.45, 2.75) is 0 Å². The second-order valence-corrected chi connectivity index (χ2v) is 5.47. The Hall–Kier alpha value is -3.27. The fourth-order valence-corrected chi connectivity index (χ4v) is 3.08. The number of phenols is 2. The number of rotatable bonds is 1. The molecule has 3 aromatic rings. The van der Waals surface area contributed by atoms with Gasteiger partial charge in [0.25, 0.3) is 0 Å². The minimum absolute atomic E-state index is 0.271. The van der Waals surface area contributed by atoms with Gasteiger partial charge in [-0.1, -0.05) is 36.4 Å². The normalized spacial score (nSPS) is 13.2. The number of ketones is 1. The predicted octanol–water partition coefficient (Wildman–Crippen LogP) is 4.01. The summed E-state index contributed by atoms with van der Waals surface area (Å²) in [6.45, 7) is 0. The Morgan fingerprint density at radius 3 is 2.22 bits per heavy atom. The monoisotopic (exact) mass is 304 g/mol. The lowest BCUT2D eigenvalue weighted by molar-refractivity contribution is 0.0981. The zero-order valence-electron chi connectivity index (χ0n) is 11.9. The Labute approximate surface area is 131 Å². The fourth-order valence-electron chi connectivity index (χ4n) is 3.08. The maximum Gasteiger partial charge on any atom is 0.227 e. The molecular weight excluding hydrogens is 292 g/mol. The number of aliphatic hydroxyl groups is 1. The van der Waals surface area contributed by atoms with Crippen molar-refractivity contribution < 1.29 is 20.1 Å². The Balaban J connectivity index is 2.21. The van der Waals surface area contributed by atoms with Gasteiger partial charge >= 0.3 is 0 Å². The van der Waals surface area contributed by atoms with Gasteiger partial charge in [-0.15, -0.1) is 0 Å². The van der Waals surface area contributed by atoms with Gasteiger partial charge in [0.2, 0.25) is 5.78 Å². The number of benzene rings is 3. The largest absolute Gasteiger partial charge is 0.504 e. The lowest BCUT2D eigenvalue weighted by Gasteiger charge is -2.18. The average molecular weight is 304 g/mol. The van der Waals surface area contributed by atoms with E-state index >= 15 is 0 Å². The summed E-state index contributed by atoms with van der Waals surface area (Å²) >= 11 is 0. The molecule has 0 atom stereocenters. The SMILES string of the molecule is O=C1C(O)=Cc2cc(O)c(O)c3c(-c4ccccc4)ccc1c23. The van der Waals surface area contributed by atoms with Crippen LogP contribution in [-0.2, 0) is 0 Å². The average Bonchev–Trinajstić information content (AvgIpc) is 2.57. The first kappa shape index (κ1) is 13.4. The molecular formula is C19H12O4. The lowest BCUT2D eigenvalue weighted by atomic mass is 9.86. The van der Waals surface area contributed by atoms with E-state index in [9.17, 15) is 20.1 Å². The molecule has 1 aliphatic rings. The van der Waals surface area contributed by atoms with E-state index < -0.39 is 5.78 Å². The van der Waals surface area contributed by atoms with Gasteiger partial charge in [-0.3, -0.25) is 4.79 Å². The van der Waals surface area contributed by atoms with Gasteiger partial charge in [0, 0.05) is 16.3 Å². The summed E-state index contributed by atoms with van der Waals surface area (Å²) in [5, 5.41) is 31.1. The number of aromatic hydroxyl groups is 2. The second-order valence-electron chi connectivity index (χ2n) is 5.47. The molecule has 0 spiro atoms. The molecule has 4 rings (SSSR count). The standard InChI is InChI=1S/C19H12O4/c20-14-8-11-9-15(21)19(23)17-12(10-4-2-1-3-5-10)6-7-13(16(11)17)18(14)22/h1-9,20-21,23H. The summed E-state index contributed by atoms with van der Waals surface area (Å²) in [6, 6.07) is 14.1. The summed E-state index contributed by atoms with van der Waals surface area (Å²) in [5.41, 5.74) is 2.38. The minimum atomic E-state index is -0.493. The van der Waals surface area contributed by atoms with Crippen LogP contribution in [0.2, 0.25) is 0 Å². The van der Waals surface area contributed by atoms with Gasteiger partial charge in [0.15, 0.2) is 17.3 Å². The van der Waals surface area contributed by atoms with Crippen molar-refractivity contribution in [3.05, 3.63) is 65.4 Å². The van der Waals surface area contributed by atoms with Gasteiger partial charge in [-0.2, -0.15) is 0 Å². The van der Waals surface area contributed by atoms with E-state index in [-0.39, 0.29) is 17.3 Å². The molecule has 3 N–H and O–H groups in total. The third-order valence-corrected chi connectivity index (χ3v) is 4.12. The van der Waals surface area contributed by atoms with Gasteiger partial charge in [-0.25, -0.2) is 0 Å². The van der Waals surface area contributed by atoms with Crippen LogP contribution in [0.4, 0.5) is 0 Å². The Morgan fingerprint density at radius 1 is 0.783 bits per heavy atom. The van der Waals surface area contributed by atoms with E-state index in [2.05, 4.69) is 0 Å². The van der Waals surface area contributed by atoms with E-state index in [1.165, 1.54) is 12.1 Å². The zero-order chi connectivity index (χ0) is 16.1. The smallest absolute Gasteiger partial charge is 0.227 e. The number of hydrogen-bond donors (Lipinski definition) is 3. The fraction of sp³-hybridized carbons (Fsp3) is 0. The molecule has 3 aromatic carbocycles. The molecule has 0 saturated heterocycles. The molecule has 0 bridgehead atoms. The first-order valence-electron chi connectivity index (χ1n) is 7.10. The Kier molecular flexibility index (Phi) is 2.69. The van der Waals surface area contributed by atoms with E-state index in [0.29, 0.717) is 27.5 Å². The summed E-state index contributed by atoms with van der Waals surface area (Å²) in [5.74, 6) is -1.43. The number of carbonyl (C=O) groups is 1. The van der Waals surface area contributed by atoms with E-state index in [1.54, 1.807) is 12.1 Å². The maximum absolute atomic E-state index is 12.2. The van der Waals surface area contributed by atoms with Crippen LogP contribution >= 0.6 is 0 Å². The third-order valence-electron chi connectivity index (χ3n) is 4.12. The predicted molar refractivity (Wildman–Crippen MR) is 87.6 cm³/mol. The van der Waals surface area contributed by atoms with Gasteiger partial charge in [-0.05, 0) is 34.9 Å². The molecule has 4 heteroatoms. The van der Waals surface area contributed by atoms with Crippen molar-refractivity contribution in [2.24, 2.45) is 0 Å². The van der Waals surface area contributed by atoms with Gasteiger partial charge in [0.1, 0.15) is 0 Å². The molecule has 0 heterocycles. The highest BCUT2D eigenvalue weighted by Gasteiger charge is 2.26. The second kappa shape index (κ2) is 4.61. The first-order chi connectivity index (χ1) is 11.1. The van der Waals surface area contributed by atoms with Crippen molar-refractivity contribution >= 4 is 22.6 Å². The zero-order valence-corrected chi connectivity index (χ0v) is 11.9. The quantitative estimate of drug-likeness (QED) is 0.593. The van der Waals surface area contributed by atoms with Crippen LogP contribution in [0, 0.1) is 0 Å². The number of phenolic OH excluding ortho intramolecular Hbond substituents is 2. The van der Waals surface area contributed by atoms with Crippen LogP contribution in [0.5, 0.6) is 11.5 Å². The molecule has 1 aliphatic carbocycles. The molecule has 23 heavy (non-hydrogen) atoms. The van der Waals surface area contributed by atoms with Crippen molar-refractivity contribution in [1.29, 1.82) is 0 Å². The van der Waals surface area contributed by atoms with Crippen LogP contribution in [0.3, 0.4) is 0 Å². The molecule has 0 saturated carbocycles. The maximum atomic E-state index is 12.2. The van der Waals surface area contributed by atoms with Crippen LogP contribution in [0.25, 0.3) is 28.0 Å². The third kappa shape index (κ3) is 1.82. The molecule has 0 amide bonds. The lowest BCUT2D eigenvalue weighted by Crippen LogP contribution is -2.09.